The summed E-state index contributed by atoms with van der Waals surface area (Å²) < 4.78 is 22.7. The molecule has 1 fully saturated rings. The van der Waals surface area contributed by atoms with Gasteiger partial charge in [0.1, 0.15) is 13.2 Å². The van der Waals surface area contributed by atoms with Crippen molar-refractivity contribution in [3.05, 3.63) is 30.3 Å². The number of ether oxygens (including phenoxy) is 3. The highest BCUT2D eigenvalue weighted by molar-refractivity contribution is 5.97. The van der Waals surface area contributed by atoms with E-state index in [2.05, 4.69) is 31.1 Å². The van der Waals surface area contributed by atoms with Crippen molar-refractivity contribution in [3.8, 4) is 22.8 Å². The lowest BCUT2D eigenvalue weighted by Gasteiger charge is -2.40. The molecule has 2 atom stereocenters. The third-order valence-electron chi connectivity index (χ3n) is 5.41. The van der Waals surface area contributed by atoms with Gasteiger partial charge in [0.05, 0.1) is 6.10 Å². The Morgan fingerprint density at radius 1 is 1.17 bits per heavy atom. The fraction of sp³-hybridized carbons (Fsp3) is 0.545. The molecule has 2 aliphatic rings. The first-order chi connectivity index (χ1) is 13.9. The van der Waals surface area contributed by atoms with Crippen LogP contribution in [0.2, 0.25) is 0 Å². The predicted molar refractivity (Wildman–Crippen MR) is 107 cm³/mol. The van der Waals surface area contributed by atoms with Crippen LogP contribution in [0.5, 0.6) is 11.5 Å². The second kappa shape index (κ2) is 8.06. The summed E-state index contributed by atoms with van der Waals surface area (Å²) in [7, 11) is 0. The Labute approximate surface area is 170 Å². The van der Waals surface area contributed by atoms with Gasteiger partial charge in [0.25, 0.3) is 5.91 Å². The second-order valence-electron chi connectivity index (χ2n) is 8.66. The molecular formula is C22H28N2O5. The molecule has 1 N–H and O–H groups in total. The number of fused-ring (bicyclic) bond motifs is 1. The standard InChI is InChI=1S/C22H28N2O5/c1-22(2,3)20-15(5-4-8-28-20)12-23-21(25)18-19(29-13-24-18)14-6-7-16-17(11-14)27-10-9-26-16/h6-7,11,13,15,20H,4-5,8-10,12H2,1-3H3,(H,23,25). The van der Waals surface area contributed by atoms with Crippen molar-refractivity contribution in [2.75, 3.05) is 26.4 Å². The Hall–Kier alpha value is -2.54. The summed E-state index contributed by atoms with van der Waals surface area (Å²) in [5.74, 6) is 1.78. The summed E-state index contributed by atoms with van der Waals surface area (Å²) in [6.07, 6.45) is 3.46. The van der Waals surface area contributed by atoms with Gasteiger partial charge in [-0.15, -0.1) is 0 Å². The summed E-state index contributed by atoms with van der Waals surface area (Å²) in [6, 6.07) is 5.48. The van der Waals surface area contributed by atoms with E-state index in [-0.39, 0.29) is 29.0 Å². The molecule has 0 aliphatic carbocycles. The molecule has 0 spiro atoms. The van der Waals surface area contributed by atoms with Crippen molar-refractivity contribution in [1.29, 1.82) is 0 Å². The van der Waals surface area contributed by atoms with E-state index in [9.17, 15) is 4.79 Å². The van der Waals surface area contributed by atoms with Crippen LogP contribution < -0.4 is 14.8 Å². The number of benzene rings is 1. The van der Waals surface area contributed by atoms with E-state index in [1.165, 1.54) is 6.39 Å². The number of carbonyl (C=O) groups is 1. The van der Waals surface area contributed by atoms with Gasteiger partial charge < -0.3 is 23.9 Å². The highest BCUT2D eigenvalue weighted by Crippen LogP contribution is 2.36. The number of oxazole rings is 1. The highest BCUT2D eigenvalue weighted by atomic mass is 16.6. The molecule has 2 aliphatic heterocycles. The van der Waals surface area contributed by atoms with E-state index < -0.39 is 0 Å². The number of hydrogen-bond donors (Lipinski definition) is 1. The van der Waals surface area contributed by atoms with Crippen molar-refractivity contribution >= 4 is 5.91 Å². The molecule has 7 nitrogen and oxygen atoms in total. The van der Waals surface area contributed by atoms with E-state index in [0.29, 0.717) is 37.0 Å². The molecule has 1 aromatic heterocycles. The average Bonchev–Trinajstić information content (AvgIpc) is 3.21. The Bertz CT molecular complexity index is 870. The van der Waals surface area contributed by atoms with Gasteiger partial charge in [0, 0.05) is 24.6 Å². The van der Waals surface area contributed by atoms with Crippen LogP contribution in [0.25, 0.3) is 11.3 Å². The molecule has 156 valence electrons. The van der Waals surface area contributed by atoms with Gasteiger partial charge >= 0.3 is 0 Å². The van der Waals surface area contributed by atoms with Crippen LogP contribution in [0.1, 0.15) is 44.1 Å². The van der Waals surface area contributed by atoms with Crippen LogP contribution in [-0.4, -0.2) is 43.4 Å². The van der Waals surface area contributed by atoms with Crippen molar-refractivity contribution in [2.45, 2.75) is 39.7 Å². The predicted octanol–water partition coefficient (Wildman–Crippen LogP) is 3.68. The first kappa shape index (κ1) is 19.8. The van der Waals surface area contributed by atoms with Gasteiger partial charge in [-0.05, 0) is 36.5 Å². The van der Waals surface area contributed by atoms with E-state index in [1.54, 1.807) is 0 Å². The molecule has 2 aromatic rings. The van der Waals surface area contributed by atoms with Crippen LogP contribution in [-0.2, 0) is 4.74 Å². The fourth-order valence-electron chi connectivity index (χ4n) is 4.11. The summed E-state index contributed by atoms with van der Waals surface area (Å²) in [4.78, 5) is 17.0. The molecule has 7 heteroatoms. The molecule has 0 bridgehead atoms. The normalized spacial score (nSPS) is 21.6. The molecule has 0 radical (unpaired) electrons. The van der Waals surface area contributed by atoms with Crippen LogP contribution in [0.3, 0.4) is 0 Å². The zero-order valence-electron chi connectivity index (χ0n) is 17.2. The topological polar surface area (TPSA) is 82.8 Å². The maximum Gasteiger partial charge on any atom is 0.273 e. The average molecular weight is 400 g/mol. The van der Waals surface area contributed by atoms with Crippen LogP contribution in [0.4, 0.5) is 0 Å². The van der Waals surface area contributed by atoms with Crippen molar-refractivity contribution < 1.29 is 23.4 Å². The van der Waals surface area contributed by atoms with Gasteiger partial charge in [0.2, 0.25) is 0 Å². The second-order valence-corrected chi connectivity index (χ2v) is 8.66. The van der Waals surface area contributed by atoms with Gasteiger partial charge in [-0.2, -0.15) is 0 Å². The van der Waals surface area contributed by atoms with E-state index in [1.807, 2.05) is 18.2 Å². The first-order valence-corrected chi connectivity index (χ1v) is 10.2. The third kappa shape index (κ3) is 4.24. The van der Waals surface area contributed by atoms with Gasteiger partial charge in [-0.1, -0.05) is 20.8 Å². The van der Waals surface area contributed by atoms with E-state index >= 15 is 0 Å². The van der Waals surface area contributed by atoms with Crippen molar-refractivity contribution in [2.24, 2.45) is 11.3 Å². The lowest BCUT2D eigenvalue weighted by atomic mass is 9.78. The van der Waals surface area contributed by atoms with Gasteiger partial charge in [0.15, 0.2) is 29.3 Å². The Balaban J connectivity index is 1.47. The van der Waals surface area contributed by atoms with E-state index in [4.69, 9.17) is 18.6 Å². The smallest absolute Gasteiger partial charge is 0.273 e. The number of nitrogens with zero attached hydrogens (tertiary/aromatic N) is 1. The molecule has 1 aromatic carbocycles. The maximum absolute atomic E-state index is 12.9. The number of nitrogens with one attached hydrogen (secondary N) is 1. The zero-order valence-corrected chi connectivity index (χ0v) is 17.2. The molecular weight excluding hydrogens is 372 g/mol. The monoisotopic (exact) mass is 400 g/mol. The molecule has 29 heavy (non-hydrogen) atoms. The summed E-state index contributed by atoms with van der Waals surface area (Å²) in [5, 5.41) is 3.03. The SMILES string of the molecule is CC(C)(C)C1OCCCC1CNC(=O)c1ncoc1-c1ccc2c(c1)OCCO2. The summed E-state index contributed by atoms with van der Waals surface area (Å²) in [5.41, 5.74) is 1.02. The van der Waals surface area contributed by atoms with Crippen LogP contribution >= 0.6 is 0 Å². The van der Waals surface area contributed by atoms with Gasteiger partial charge in [-0.25, -0.2) is 4.98 Å². The van der Waals surface area contributed by atoms with Crippen LogP contribution in [0.15, 0.2) is 29.0 Å². The summed E-state index contributed by atoms with van der Waals surface area (Å²) in [6.45, 7) is 8.89. The van der Waals surface area contributed by atoms with Crippen molar-refractivity contribution in [3.63, 3.8) is 0 Å². The Morgan fingerprint density at radius 2 is 1.97 bits per heavy atom. The minimum atomic E-state index is -0.248. The first-order valence-electron chi connectivity index (χ1n) is 10.2. The molecule has 1 amide bonds. The van der Waals surface area contributed by atoms with Crippen LogP contribution in [0, 0.1) is 11.3 Å². The number of aromatic nitrogens is 1. The lowest BCUT2D eigenvalue weighted by Crippen LogP contribution is -2.45. The molecule has 1 saturated heterocycles. The molecule has 4 rings (SSSR count). The zero-order chi connectivity index (χ0) is 20.4. The third-order valence-corrected chi connectivity index (χ3v) is 5.41. The fourth-order valence-corrected chi connectivity index (χ4v) is 4.11. The number of carbonyl (C=O) groups excluding carboxylic acids is 1. The lowest BCUT2D eigenvalue weighted by molar-refractivity contribution is -0.0839. The maximum atomic E-state index is 12.9. The minimum absolute atomic E-state index is 0.0278. The number of rotatable bonds is 4. The molecule has 0 saturated carbocycles. The highest BCUT2D eigenvalue weighted by Gasteiger charge is 2.35. The summed E-state index contributed by atoms with van der Waals surface area (Å²) >= 11 is 0. The Kier molecular flexibility index (Phi) is 5.50. The molecule has 3 heterocycles. The van der Waals surface area contributed by atoms with E-state index in [0.717, 1.165) is 25.0 Å². The Morgan fingerprint density at radius 3 is 2.76 bits per heavy atom. The largest absolute Gasteiger partial charge is 0.486 e. The van der Waals surface area contributed by atoms with Crippen molar-refractivity contribution in [1.82, 2.24) is 10.3 Å². The number of amides is 1. The molecule has 2 unspecified atom stereocenters. The van der Waals surface area contributed by atoms with Gasteiger partial charge in [-0.3, -0.25) is 4.79 Å². The minimum Gasteiger partial charge on any atom is -0.486 e. The number of hydrogen-bond acceptors (Lipinski definition) is 6. The quantitative estimate of drug-likeness (QED) is 0.843.